The van der Waals surface area contributed by atoms with Crippen LogP contribution in [0.4, 0.5) is 0 Å². The minimum Gasteiger partial charge on any atom is -0.395 e. The number of sulfonamides is 1. The summed E-state index contributed by atoms with van der Waals surface area (Å²) in [6.45, 7) is 2.22. The molecular weight excluding hydrogens is 312 g/mol. The van der Waals surface area contributed by atoms with Gasteiger partial charge in [0.2, 0.25) is 10.0 Å². The van der Waals surface area contributed by atoms with Crippen molar-refractivity contribution in [3.05, 3.63) is 35.9 Å². The van der Waals surface area contributed by atoms with Crippen LogP contribution in [-0.4, -0.2) is 66.8 Å². The Balaban J connectivity index is 1.63. The SMILES string of the molecule is CS(=O)(=O)N1CC2(C1)[C@H](c1ccccc1)[C@@H](CO)N2CC1CC1. The van der Waals surface area contributed by atoms with Gasteiger partial charge in [0.1, 0.15) is 0 Å². The van der Waals surface area contributed by atoms with Crippen molar-refractivity contribution in [1.82, 2.24) is 9.21 Å². The van der Waals surface area contributed by atoms with Crippen LogP contribution >= 0.6 is 0 Å². The van der Waals surface area contributed by atoms with Gasteiger partial charge in [0, 0.05) is 31.6 Å². The summed E-state index contributed by atoms with van der Waals surface area (Å²) in [6, 6.07) is 10.4. The Kier molecular flexibility index (Phi) is 3.57. The standard InChI is InChI=1S/C17H24N2O3S/c1-23(21,22)18-11-17(12-18)16(14-5-3-2-4-6-14)15(10-20)19(17)9-13-7-8-13/h2-6,13,15-16,20H,7-12H2,1H3/t15-,16-/m1/s1. The summed E-state index contributed by atoms with van der Waals surface area (Å²) in [5.74, 6) is 0.940. The smallest absolute Gasteiger partial charge is 0.211 e. The predicted octanol–water partition coefficient (Wildman–Crippen LogP) is 0.871. The highest BCUT2D eigenvalue weighted by Crippen LogP contribution is 2.55. The maximum atomic E-state index is 11.8. The minimum absolute atomic E-state index is 0.111. The van der Waals surface area contributed by atoms with E-state index in [4.69, 9.17) is 0 Å². The predicted molar refractivity (Wildman–Crippen MR) is 88.6 cm³/mol. The molecule has 1 aromatic carbocycles. The van der Waals surface area contributed by atoms with Gasteiger partial charge in [0.15, 0.2) is 0 Å². The van der Waals surface area contributed by atoms with E-state index in [0.717, 1.165) is 12.5 Å². The second-order valence-corrected chi connectivity index (χ2v) is 9.35. The number of rotatable bonds is 5. The highest BCUT2D eigenvalue weighted by Gasteiger charge is 2.67. The van der Waals surface area contributed by atoms with E-state index in [0.29, 0.717) is 13.1 Å². The quantitative estimate of drug-likeness (QED) is 0.867. The lowest BCUT2D eigenvalue weighted by Crippen LogP contribution is -2.85. The number of hydrogen-bond acceptors (Lipinski definition) is 4. The van der Waals surface area contributed by atoms with E-state index in [-0.39, 0.29) is 24.1 Å². The third-order valence-electron chi connectivity index (χ3n) is 5.80. The highest BCUT2D eigenvalue weighted by molar-refractivity contribution is 7.88. The van der Waals surface area contributed by atoms with Gasteiger partial charge < -0.3 is 5.11 Å². The first-order valence-electron chi connectivity index (χ1n) is 8.33. The molecule has 3 fully saturated rings. The first-order chi connectivity index (χ1) is 11.0. The molecule has 23 heavy (non-hydrogen) atoms. The summed E-state index contributed by atoms with van der Waals surface area (Å²) in [7, 11) is -3.14. The third kappa shape index (κ3) is 2.43. The number of aliphatic hydroxyl groups excluding tert-OH is 1. The average molecular weight is 336 g/mol. The fraction of sp³-hybridized carbons (Fsp3) is 0.647. The summed E-state index contributed by atoms with van der Waals surface area (Å²) in [6.07, 6.45) is 3.80. The lowest BCUT2D eigenvalue weighted by Gasteiger charge is -2.70. The van der Waals surface area contributed by atoms with E-state index in [9.17, 15) is 13.5 Å². The second kappa shape index (κ2) is 5.28. The summed E-state index contributed by atoms with van der Waals surface area (Å²) < 4.78 is 25.2. The first-order valence-corrected chi connectivity index (χ1v) is 10.2. The molecule has 0 unspecified atom stereocenters. The van der Waals surface area contributed by atoms with Crippen LogP contribution in [0.5, 0.6) is 0 Å². The Labute approximate surface area is 138 Å². The summed E-state index contributed by atoms with van der Waals surface area (Å²) in [4.78, 5) is 2.39. The van der Waals surface area contributed by atoms with Crippen LogP contribution in [0.2, 0.25) is 0 Å². The monoisotopic (exact) mass is 336 g/mol. The fourth-order valence-electron chi connectivity index (χ4n) is 4.43. The van der Waals surface area contributed by atoms with E-state index in [1.807, 2.05) is 18.2 Å². The van der Waals surface area contributed by atoms with Crippen molar-refractivity contribution >= 4 is 10.0 Å². The van der Waals surface area contributed by atoms with Crippen molar-refractivity contribution in [2.24, 2.45) is 5.92 Å². The molecule has 1 N–H and O–H groups in total. The molecule has 2 atom stereocenters. The minimum atomic E-state index is -3.14. The van der Waals surface area contributed by atoms with Gasteiger partial charge in [-0.15, -0.1) is 0 Å². The Hall–Kier alpha value is -0.950. The van der Waals surface area contributed by atoms with Gasteiger partial charge in [-0.25, -0.2) is 8.42 Å². The first kappa shape index (κ1) is 15.6. The molecule has 1 saturated carbocycles. The third-order valence-corrected chi connectivity index (χ3v) is 7.00. The number of aliphatic hydroxyl groups is 1. The molecule has 1 spiro atoms. The van der Waals surface area contributed by atoms with Crippen LogP contribution in [0, 0.1) is 5.92 Å². The fourth-order valence-corrected chi connectivity index (χ4v) is 5.35. The molecule has 6 heteroatoms. The van der Waals surface area contributed by atoms with Crippen LogP contribution in [-0.2, 0) is 10.0 Å². The van der Waals surface area contributed by atoms with E-state index in [1.165, 1.54) is 24.7 Å². The molecule has 0 amide bonds. The number of benzene rings is 1. The topological polar surface area (TPSA) is 60.9 Å². The number of nitrogens with zero attached hydrogens (tertiary/aromatic N) is 2. The van der Waals surface area contributed by atoms with Gasteiger partial charge in [-0.2, -0.15) is 4.31 Å². The summed E-state index contributed by atoms with van der Waals surface area (Å²) in [5, 5.41) is 9.93. The molecule has 0 bridgehead atoms. The van der Waals surface area contributed by atoms with Gasteiger partial charge in [-0.3, -0.25) is 4.90 Å². The molecule has 1 aromatic rings. The number of hydrogen-bond donors (Lipinski definition) is 1. The molecule has 0 radical (unpaired) electrons. The molecule has 1 aliphatic carbocycles. The summed E-state index contributed by atoms with van der Waals surface area (Å²) in [5.41, 5.74) is 1.09. The number of likely N-dealkylation sites (tertiary alicyclic amines) is 1. The van der Waals surface area contributed by atoms with Gasteiger partial charge in [-0.05, 0) is 24.3 Å². The molecule has 0 aromatic heterocycles. The molecule has 2 aliphatic heterocycles. The van der Waals surface area contributed by atoms with Crippen molar-refractivity contribution in [2.75, 3.05) is 32.5 Å². The zero-order valence-corrected chi connectivity index (χ0v) is 14.2. The van der Waals surface area contributed by atoms with Crippen molar-refractivity contribution < 1.29 is 13.5 Å². The largest absolute Gasteiger partial charge is 0.395 e. The normalized spacial score (nSPS) is 30.9. The van der Waals surface area contributed by atoms with E-state index in [1.54, 1.807) is 4.31 Å². The highest BCUT2D eigenvalue weighted by atomic mass is 32.2. The van der Waals surface area contributed by atoms with Gasteiger partial charge in [-0.1, -0.05) is 30.3 Å². The molecule has 2 heterocycles. The lowest BCUT2D eigenvalue weighted by molar-refractivity contribution is -0.172. The zero-order valence-electron chi connectivity index (χ0n) is 13.4. The molecule has 5 nitrogen and oxygen atoms in total. The van der Waals surface area contributed by atoms with Gasteiger partial charge in [0.05, 0.1) is 18.4 Å². The average Bonchev–Trinajstić information content (AvgIpc) is 3.25. The Bertz CT molecular complexity index is 681. The van der Waals surface area contributed by atoms with Crippen LogP contribution in [0.15, 0.2) is 30.3 Å². The lowest BCUT2D eigenvalue weighted by atomic mass is 9.61. The Morgan fingerprint density at radius 1 is 1.22 bits per heavy atom. The van der Waals surface area contributed by atoms with Crippen molar-refractivity contribution in [3.63, 3.8) is 0 Å². The van der Waals surface area contributed by atoms with Crippen LogP contribution < -0.4 is 0 Å². The van der Waals surface area contributed by atoms with E-state index >= 15 is 0 Å². The van der Waals surface area contributed by atoms with Crippen LogP contribution in [0.3, 0.4) is 0 Å². The van der Waals surface area contributed by atoms with E-state index < -0.39 is 10.0 Å². The van der Waals surface area contributed by atoms with Crippen molar-refractivity contribution in [2.45, 2.75) is 30.3 Å². The van der Waals surface area contributed by atoms with Gasteiger partial charge >= 0.3 is 0 Å². The molecular formula is C17H24N2O3S. The Morgan fingerprint density at radius 3 is 2.39 bits per heavy atom. The van der Waals surface area contributed by atoms with E-state index in [2.05, 4.69) is 17.0 Å². The van der Waals surface area contributed by atoms with Crippen LogP contribution in [0.25, 0.3) is 0 Å². The molecule has 3 aliphatic rings. The molecule has 4 rings (SSSR count). The van der Waals surface area contributed by atoms with Gasteiger partial charge in [0.25, 0.3) is 0 Å². The summed E-state index contributed by atoms with van der Waals surface area (Å²) >= 11 is 0. The second-order valence-electron chi connectivity index (χ2n) is 7.37. The molecule has 126 valence electrons. The van der Waals surface area contributed by atoms with Crippen molar-refractivity contribution in [1.29, 1.82) is 0 Å². The maximum absolute atomic E-state index is 11.8. The van der Waals surface area contributed by atoms with Crippen LogP contribution in [0.1, 0.15) is 24.3 Å². The zero-order chi connectivity index (χ0) is 16.2. The molecule has 2 saturated heterocycles. The maximum Gasteiger partial charge on any atom is 0.211 e. The van der Waals surface area contributed by atoms with Crippen molar-refractivity contribution in [3.8, 4) is 0 Å². The Morgan fingerprint density at radius 2 is 1.87 bits per heavy atom.